The van der Waals surface area contributed by atoms with Crippen molar-refractivity contribution >= 4 is 21.6 Å². The molecule has 5 rings (SSSR count). The van der Waals surface area contributed by atoms with Crippen molar-refractivity contribution in [3.63, 3.8) is 0 Å². The van der Waals surface area contributed by atoms with Crippen molar-refractivity contribution in [2.45, 2.75) is 50.2 Å². The Hall–Kier alpha value is -3.32. The normalized spacial score (nSPS) is 17.9. The van der Waals surface area contributed by atoms with E-state index in [4.69, 9.17) is 4.74 Å². The van der Waals surface area contributed by atoms with Crippen molar-refractivity contribution in [1.29, 1.82) is 0 Å². The molecular formula is C27H28N2O4S. The number of nitrogens with zero attached hydrogens (tertiary/aromatic N) is 1. The predicted octanol–water partition coefficient (Wildman–Crippen LogP) is 4.32. The number of carbonyl (C=O) groups is 1. The number of carbonyl (C=O) groups excluding carboxylic acids is 1. The Bertz CT molecular complexity index is 1340. The van der Waals surface area contributed by atoms with E-state index in [0.29, 0.717) is 11.4 Å². The van der Waals surface area contributed by atoms with Crippen LogP contribution in [0.25, 0.3) is 0 Å². The van der Waals surface area contributed by atoms with Gasteiger partial charge in [0.25, 0.3) is 15.9 Å². The second-order valence-electron chi connectivity index (χ2n) is 9.04. The molecule has 1 N–H and O–H groups in total. The van der Waals surface area contributed by atoms with Crippen LogP contribution in [0.3, 0.4) is 0 Å². The molecule has 176 valence electrons. The first-order valence-corrected chi connectivity index (χ1v) is 13.0. The zero-order valence-electron chi connectivity index (χ0n) is 19.3. The van der Waals surface area contributed by atoms with Crippen molar-refractivity contribution in [3.8, 4) is 5.75 Å². The van der Waals surface area contributed by atoms with E-state index in [2.05, 4.69) is 23.5 Å². The summed E-state index contributed by atoms with van der Waals surface area (Å²) in [6.07, 6.45) is 2.38. The maximum absolute atomic E-state index is 13.5. The highest BCUT2D eigenvalue weighted by atomic mass is 32.2. The summed E-state index contributed by atoms with van der Waals surface area (Å²) in [7, 11) is -3.87. The van der Waals surface area contributed by atoms with Gasteiger partial charge in [-0.25, -0.2) is 8.42 Å². The number of nitrogens with one attached hydrogen (secondary N) is 1. The zero-order chi connectivity index (χ0) is 23.9. The molecule has 1 heterocycles. The molecule has 0 saturated heterocycles. The molecule has 0 aromatic heterocycles. The first kappa shape index (κ1) is 22.5. The third kappa shape index (κ3) is 4.16. The van der Waals surface area contributed by atoms with Crippen LogP contribution in [-0.4, -0.2) is 27.0 Å². The zero-order valence-corrected chi connectivity index (χ0v) is 20.1. The van der Waals surface area contributed by atoms with Crippen LogP contribution in [0.4, 0.5) is 5.69 Å². The minimum absolute atomic E-state index is 0.101. The van der Waals surface area contributed by atoms with E-state index in [1.54, 1.807) is 42.5 Å². The third-order valence-corrected chi connectivity index (χ3v) is 8.38. The van der Waals surface area contributed by atoms with E-state index < -0.39 is 16.1 Å². The van der Waals surface area contributed by atoms with Crippen molar-refractivity contribution in [3.05, 3.63) is 89.0 Å². The molecule has 0 saturated carbocycles. The lowest BCUT2D eigenvalue weighted by molar-refractivity contribution is -0.128. The highest BCUT2D eigenvalue weighted by Crippen LogP contribution is 2.38. The maximum Gasteiger partial charge on any atom is 0.264 e. The average molecular weight is 477 g/mol. The van der Waals surface area contributed by atoms with E-state index in [0.717, 1.165) is 24.0 Å². The molecule has 0 fully saturated rings. The van der Waals surface area contributed by atoms with Gasteiger partial charge < -0.3 is 10.1 Å². The van der Waals surface area contributed by atoms with Gasteiger partial charge in [0.15, 0.2) is 6.10 Å². The van der Waals surface area contributed by atoms with Gasteiger partial charge >= 0.3 is 0 Å². The summed E-state index contributed by atoms with van der Waals surface area (Å²) in [4.78, 5) is 13.4. The molecule has 1 aliphatic heterocycles. The number of fused-ring (bicyclic) bond motifs is 2. The lowest BCUT2D eigenvalue weighted by atomic mass is 10.0. The van der Waals surface area contributed by atoms with E-state index in [1.807, 2.05) is 19.9 Å². The first-order chi connectivity index (χ1) is 16.3. The van der Waals surface area contributed by atoms with E-state index in [9.17, 15) is 13.2 Å². The third-order valence-electron chi connectivity index (χ3n) is 6.59. The number of rotatable bonds is 5. The van der Waals surface area contributed by atoms with Gasteiger partial charge in [0.1, 0.15) is 5.75 Å². The average Bonchev–Trinajstić information content (AvgIpc) is 3.31. The van der Waals surface area contributed by atoms with Crippen LogP contribution in [0, 0.1) is 6.92 Å². The molecule has 1 amide bonds. The number of ether oxygens (including phenoxy) is 1. The molecule has 0 bridgehead atoms. The molecule has 1 aliphatic carbocycles. The lowest BCUT2D eigenvalue weighted by Gasteiger charge is -2.35. The Morgan fingerprint density at radius 3 is 2.59 bits per heavy atom. The minimum atomic E-state index is -3.87. The van der Waals surface area contributed by atoms with Crippen molar-refractivity contribution < 1.29 is 17.9 Å². The number of hydrogen-bond acceptors (Lipinski definition) is 4. The van der Waals surface area contributed by atoms with Crippen LogP contribution >= 0.6 is 0 Å². The fourth-order valence-corrected chi connectivity index (χ4v) is 6.18. The van der Waals surface area contributed by atoms with Crippen LogP contribution in [-0.2, 0) is 27.7 Å². The number of aryl methyl sites for hydroxylation is 3. The highest BCUT2D eigenvalue weighted by Gasteiger charge is 2.38. The maximum atomic E-state index is 13.5. The van der Waals surface area contributed by atoms with Crippen molar-refractivity contribution in [2.24, 2.45) is 0 Å². The van der Waals surface area contributed by atoms with Crippen molar-refractivity contribution in [1.82, 2.24) is 5.32 Å². The molecule has 3 aromatic rings. The van der Waals surface area contributed by atoms with Crippen LogP contribution in [0.5, 0.6) is 5.75 Å². The Labute approximate surface area is 200 Å². The Morgan fingerprint density at radius 2 is 1.79 bits per heavy atom. The van der Waals surface area contributed by atoms with Crippen molar-refractivity contribution in [2.75, 3.05) is 10.8 Å². The predicted molar refractivity (Wildman–Crippen MR) is 132 cm³/mol. The minimum Gasteiger partial charge on any atom is -0.476 e. The largest absolute Gasteiger partial charge is 0.476 e. The Morgan fingerprint density at radius 1 is 1.03 bits per heavy atom. The van der Waals surface area contributed by atoms with Gasteiger partial charge in [0.05, 0.1) is 23.2 Å². The summed E-state index contributed by atoms with van der Waals surface area (Å²) in [6.45, 7) is 3.73. The van der Waals surface area contributed by atoms with E-state index >= 15 is 0 Å². The van der Waals surface area contributed by atoms with Crippen LogP contribution in [0.15, 0.2) is 71.6 Å². The molecule has 3 aromatic carbocycles. The Balaban J connectivity index is 1.41. The molecule has 34 heavy (non-hydrogen) atoms. The number of hydrogen-bond donors (Lipinski definition) is 1. The quantitative estimate of drug-likeness (QED) is 0.595. The number of amides is 1. The summed E-state index contributed by atoms with van der Waals surface area (Å²) in [5, 5.41) is 3.03. The summed E-state index contributed by atoms with van der Waals surface area (Å²) in [5.74, 6) is 0.0363. The van der Waals surface area contributed by atoms with Crippen LogP contribution in [0.1, 0.15) is 41.6 Å². The lowest BCUT2D eigenvalue weighted by Crippen LogP contribution is -2.51. The molecule has 6 nitrogen and oxygen atoms in total. The Kier molecular flexibility index (Phi) is 5.81. The molecule has 0 spiro atoms. The van der Waals surface area contributed by atoms with Crippen LogP contribution < -0.4 is 14.4 Å². The fraction of sp³-hybridized carbons (Fsp3) is 0.296. The number of benzene rings is 3. The van der Waals surface area contributed by atoms with Gasteiger partial charge in [-0.1, -0.05) is 42.5 Å². The highest BCUT2D eigenvalue weighted by molar-refractivity contribution is 7.92. The summed E-state index contributed by atoms with van der Waals surface area (Å²) < 4.78 is 34.3. The fourth-order valence-electron chi connectivity index (χ4n) is 4.70. The molecule has 2 atom stereocenters. The van der Waals surface area contributed by atoms with E-state index in [1.165, 1.54) is 21.9 Å². The smallest absolute Gasteiger partial charge is 0.264 e. The van der Waals surface area contributed by atoms with Gasteiger partial charge in [0.2, 0.25) is 0 Å². The number of anilines is 1. The second-order valence-corrected chi connectivity index (χ2v) is 10.9. The standard InChI is InChI=1S/C27H28N2O4S/c1-18-11-14-25-24(15-18)29(34(31,32)23-9-4-3-5-10-23)17-26(33-25)27(30)28-19(2)21-13-12-20-7-6-8-22(20)16-21/h3-5,9-16,19,26H,6-8,17H2,1-2H3,(H,28,30). The molecular weight excluding hydrogens is 448 g/mol. The first-order valence-electron chi connectivity index (χ1n) is 11.6. The van der Waals surface area contributed by atoms with Gasteiger partial charge in [-0.3, -0.25) is 9.10 Å². The topological polar surface area (TPSA) is 75.7 Å². The van der Waals surface area contributed by atoms with E-state index in [-0.39, 0.29) is 23.4 Å². The molecule has 2 aliphatic rings. The second kappa shape index (κ2) is 8.80. The monoisotopic (exact) mass is 476 g/mol. The SMILES string of the molecule is Cc1ccc2c(c1)N(S(=O)(=O)c1ccccc1)CC(C(=O)NC(C)c1ccc3c(c1)CCC3)O2. The number of sulfonamides is 1. The van der Waals surface area contributed by atoms with Gasteiger partial charge in [-0.2, -0.15) is 0 Å². The summed E-state index contributed by atoms with van der Waals surface area (Å²) >= 11 is 0. The molecule has 7 heteroatoms. The van der Waals surface area contributed by atoms with Gasteiger partial charge in [0, 0.05) is 0 Å². The summed E-state index contributed by atoms with van der Waals surface area (Å²) in [5.41, 5.74) is 5.11. The molecule has 0 radical (unpaired) electrons. The summed E-state index contributed by atoms with van der Waals surface area (Å²) in [6, 6.07) is 19.8. The van der Waals surface area contributed by atoms with Crippen LogP contribution in [0.2, 0.25) is 0 Å². The molecule has 2 unspecified atom stereocenters. The van der Waals surface area contributed by atoms with Gasteiger partial charge in [-0.15, -0.1) is 0 Å². The van der Waals surface area contributed by atoms with Gasteiger partial charge in [-0.05, 0) is 79.6 Å².